The molecule has 0 radical (unpaired) electrons. The van der Waals surface area contributed by atoms with E-state index < -0.39 is 5.00 Å². The number of azo groups is 1. The van der Waals surface area contributed by atoms with E-state index in [0.29, 0.717) is 6.61 Å². The third kappa shape index (κ3) is 9.10. The quantitative estimate of drug-likeness (QED) is 0.258. The molecule has 0 amide bonds. The molecule has 0 aliphatic rings. The van der Waals surface area contributed by atoms with Crippen LogP contribution in [0.25, 0.3) is 0 Å². The lowest BCUT2D eigenvalue weighted by Gasteiger charge is -2.16. The summed E-state index contributed by atoms with van der Waals surface area (Å²) in [7, 11) is 1.66. The molecular weight excluding hydrogens is 224 g/mol. The van der Waals surface area contributed by atoms with Crippen molar-refractivity contribution in [2.45, 2.75) is 63.9 Å². The first-order valence-electron chi connectivity index (χ1n) is 6.11. The molecule has 0 saturated carbocycles. The topological polar surface area (TPSA) is 34.0 Å². The van der Waals surface area contributed by atoms with Crippen LogP contribution >= 0.6 is 11.6 Å². The van der Waals surface area contributed by atoms with Gasteiger partial charge in [0.1, 0.15) is 0 Å². The molecule has 0 saturated heterocycles. The molecule has 4 heteroatoms. The molecule has 0 aliphatic heterocycles. The summed E-state index contributed by atoms with van der Waals surface area (Å²) in [4.78, 5) is -0.546. The molecule has 0 heterocycles. The highest BCUT2D eigenvalue weighted by molar-refractivity contribution is 6.23. The Hall–Kier alpha value is -0.150. The second-order valence-corrected chi connectivity index (χ2v) is 5.29. The predicted octanol–water partition coefficient (Wildman–Crippen LogP) is 4.40. The highest BCUT2D eigenvalue weighted by Crippen LogP contribution is 2.25. The van der Waals surface area contributed by atoms with Crippen molar-refractivity contribution in [1.29, 1.82) is 0 Å². The van der Waals surface area contributed by atoms with Gasteiger partial charge < -0.3 is 4.74 Å². The van der Waals surface area contributed by atoms with Gasteiger partial charge in [0.25, 0.3) is 0 Å². The Bertz CT molecular complexity index is 195. The summed E-state index contributed by atoms with van der Waals surface area (Å²) in [5.41, 5.74) is 0. The number of nitrogens with zero attached hydrogens (tertiary/aromatic N) is 2. The van der Waals surface area contributed by atoms with Gasteiger partial charge in [0, 0.05) is 7.11 Å². The van der Waals surface area contributed by atoms with Crippen molar-refractivity contribution >= 4 is 11.6 Å². The summed E-state index contributed by atoms with van der Waals surface area (Å²) < 4.78 is 4.99. The smallest absolute Gasteiger partial charge is 0.151 e. The minimum absolute atomic E-state index is 0.0821. The standard InChI is InChI=1S/C12H25ClN2O/c1-5-6-7-8-9-12(3,13)15-14-11(2)10-16-4/h11H,5-10H2,1-4H3/b15-14+. The van der Waals surface area contributed by atoms with E-state index in [-0.39, 0.29) is 6.04 Å². The van der Waals surface area contributed by atoms with Gasteiger partial charge in [-0.3, -0.25) is 0 Å². The van der Waals surface area contributed by atoms with Gasteiger partial charge in [-0.2, -0.15) is 10.2 Å². The molecule has 0 aromatic carbocycles. The fourth-order valence-electron chi connectivity index (χ4n) is 1.42. The first-order chi connectivity index (χ1) is 7.52. The van der Waals surface area contributed by atoms with Crippen LogP contribution in [0.15, 0.2) is 10.2 Å². The zero-order valence-electron chi connectivity index (χ0n) is 11.0. The number of halogens is 1. The number of hydrogen-bond donors (Lipinski definition) is 0. The van der Waals surface area contributed by atoms with Crippen LogP contribution in [0, 0.1) is 0 Å². The molecule has 16 heavy (non-hydrogen) atoms. The second-order valence-electron chi connectivity index (χ2n) is 4.47. The molecule has 96 valence electrons. The fourth-order valence-corrected chi connectivity index (χ4v) is 1.60. The lowest BCUT2D eigenvalue weighted by molar-refractivity contribution is 0.182. The van der Waals surface area contributed by atoms with Gasteiger partial charge in [0.05, 0.1) is 12.6 Å². The number of hydrogen-bond acceptors (Lipinski definition) is 3. The average molecular weight is 249 g/mol. The summed E-state index contributed by atoms with van der Waals surface area (Å²) in [5, 5.41) is 8.34. The van der Waals surface area contributed by atoms with Gasteiger partial charge in [-0.05, 0) is 26.7 Å². The highest BCUT2D eigenvalue weighted by Gasteiger charge is 2.19. The second kappa shape index (κ2) is 8.94. The van der Waals surface area contributed by atoms with E-state index >= 15 is 0 Å². The van der Waals surface area contributed by atoms with Crippen LogP contribution in [0.2, 0.25) is 0 Å². The summed E-state index contributed by atoms with van der Waals surface area (Å²) in [6.07, 6.45) is 5.74. The Labute approximate surface area is 105 Å². The van der Waals surface area contributed by atoms with Crippen LogP contribution in [0.1, 0.15) is 52.9 Å². The van der Waals surface area contributed by atoms with Crippen LogP contribution in [-0.2, 0) is 4.74 Å². The molecule has 0 fully saturated rings. The third-order valence-corrected chi connectivity index (χ3v) is 2.62. The average Bonchev–Trinajstić information content (AvgIpc) is 2.22. The van der Waals surface area contributed by atoms with Crippen LogP contribution in [0.4, 0.5) is 0 Å². The van der Waals surface area contributed by atoms with E-state index in [9.17, 15) is 0 Å². The van der Waals surface area contributed by atoms with Crippen molar-refractivity contribution in [3.05, 3.63) is 0 Å². The van der Waals surface area contributed by atoms with Gasteiger partial charge in [-0.1, -0.05) is 37.8 Å². The van der Waals surface area contributed by atoms with Crippen molar-refractivity contribution in [2.24, 2.45) is 10.2 Å². The van der Waals surface area contributed by atoms with Crippen LogP contribution in [-0.4, -0.2) is 24.8 Å². The van der Waals surface area contributed by atoms with Gasteiger partial charge in [-0.25, -0.2) is 0 Å². The Morgan fingerprint density at radius 1 is 1.31 bits per heavy atom. The monoisotopic (exact) mass is 248 g/mol. The molecule has 0 bridgehead atoms. The Morgan fingerprint density at radius 3 is 2.56 bits per heavy atom. The predicted molar refractivity (Wildman–Crippen MR) is 69.2 cm³/mol. The van der Waals surface area contributed by atoms with Gasteiger partial charge in [-0.15, -0.1) is 0 Å². The fraction of sp³-hybridized carbons (Fsp3) is 1.00. The van der Waals surface area contributed by atoms with Crippen molar-refractivity contribution in [3.63, 3.8) is 0 Å². The molecule has 0 aromatic heterocycles. The summed E-state index contributed by atoms with van der Waals surface area (Å²) in [6.45, 7) is 6.68. The first-order valence-corrected chi connectivity index (χ1v) is 6.49. The maximum absolute atomic E-state index is 6.26. The van der Waals surface area contributed by atoms with E-state index in [1.165, 1.54) is 19.3 Å². The van der Waals surface area contributed by atoms with E-state index in [0.717, 1.165) is 12.8 Å². The van der Waals surface area contributed by atoms with E-state index in [1.54, 1.807) is 7.11 Å². The lowest BCUT2D eigenvalue weighted by Crippen LogP contribution is -2.14. The molecule has 0 aliphatic carbocycles. The van der Waals surface area contributed by atoms with E-state index in [1.807, 2.05) is 13.8 Å². The lowest BCUT2D eigenvalue weighted by atomic mass is 10.1. The van der Waals surface area contributed by atoms with Crippen molar-refractivity contribution in [2.75, 3.05) is 13.7 Å². The maximum Gasteiger partial charge on any atom is 0.151 e. The minimum atomic E-state index is -0.546. The van der Waals surface area contributed by atoms with E-state index in [4.69, 9.17) is 16.3 Å². The van der Waals surface area contributed by atoms with Crippen molar-refractivity contribution in [3.8, 4) is 0 Å². The number of alkyl halides is 1. The minimum Gasteiger partial charge on any atom is -0.382 e. The zero-order valence-corrected chi connectivity index (χ0v) is 11.8. The maximum atomic E-state index is 6.26. The molecule has 2 unspecified atom stereocenters. The highest BCUT2D eigenvalue weighted by atomic mass is 35.5. The number of methoxy groups -OCH3 is 1. The number of rotatable bonds is 9. The molecule has 0 N–H and O–H groups in total. The molecule has 3 nitrogen and oxygen atoms in total. The molecule has 0 rings (SSSR count). The van der Waals surface area contributed by atoms with Crippen LogP contribution < -0.4 is 0 Å². The van der Waals surface area contributed by atoms with Crippen LogP contribution in [0.5, 0.6) is 0 Å². The van der Waals surface area contributed by atoms with Crippen LogP contribution in [0.3, 0.4) is 0 Å². The zero-order chi connectivity index (χ0) is 12.4. The SMILES string of the molecule is CCCCCCC(C)(Cl)/N=N/C(C)COC. The first kappa shape index (κ1) is 15.9. The largest absolute Gasteiger partial charge is 0.382 e. The van der Waals surface area contributed by atoms with Crippen molar-refractivity contribution < 1.29 is 4.74 Å². The summed E-state index contributed by atoms with van der Waals surface area (Å²) in [5.74, 6) is 0. The molecule has 0 spiro atoms. The third-order valence-electron chi connectivity index (χ3n) is 2.36. The molecule has 0 aromatic rings. The van der Waals surface area contributed by atoms with E-state index in [2.05, 4.69) is 17.2 Å². The molecular formula is C12H25ClN2O. The Balaban J connectivity index is 3.83. The Kier molecular flexibility index (Phi) is 8.86. The normalized spacial score (nSPS) is 17.6. The number of unbranched alkanes of at least 4 members (excludes halogenated alkanes) is 3. The summed E-state index contributed by atoms with van der Waals surface area (Å²) in [6, 6.07) is 0.0821. The Morgan fingerprint density at radius 2 is 2.00 bits per heavy atom. The van der Waals surface area contributed by atoms with Gasteiger partial charge >= 0.3 is 0 Å². The summed E-state index contributed by atoms with van der Waals surface area (Å²) >= 11 is 6.26. The van der Waals surface area contributed by atoms with Gasteiger partial charge in [0.15, 0.2) is 5.00 Å². The number of ether oxygens (including phenoxy) is 1. The molecule has 2 atom stereocenters. The van der Waals surface area contributed by atoms with Crippen molar-refractivity contribution in [1.82, 2.24) is 0 Å². The van der Waals surface area contributed by atoms with Gasteiger partial charge in [0.2, 0.25) is 0 Å².